The lowest BCUT2D eigenvalue weighted by atomic mass is 10.0. The molecular formula is C14H21N5O3. The maximum absolute atomic E-state index is 12.6. The molecule has 1 unspecified atom stereocenters. The minimum absolute atomic E-state index is 0.0420. The highest BCUT2D eigenvalue weighted by atomic mass is 16.2. The van der Waals surface area contributed by atoms with Crippen molar-refractivity contribution in [3.05, 3.63) is 0 Å². The van der Waals surface area contributed by atoms with Crippen LogP contribution >= 0.6 is 0 Å². The number of carbonyl (C=O) groups is 3. The van der Waals surface area contributed by atoms with E-state index in [-0.39, 0.29) is 23.9 Å². The fourth-order valence-corrected chi connectivity index (χ4v) is 3.23. The quantitative estimate of drug-likeness (QED) is 0.754. The first-order valence-corrected chi connectivity index (χ1v) is 7.74. The molecule has 3 aliphatic heterocycles. The molecule has 8 nitrogen and oxygen atoms in total. The van der Waals surface area contributed by atoms with E-state index in [0.29, 0.717) is 44.7 Å². The summed E-state index contributed by atoms with van der Waals surface area (Å²) in [5.74, 6) is -0.175. The number of urea groups is 1. The highest BCUT2D eigenvalue weighted by molar-refractivity contribution is 6.39. The van der Waals surface area contributed by atoms with Crippen LogP contribution in [0.2, 0.25) is 0 Å². The number of rotatable bonds is 2. The molecule has 0 aromatic heterocycles. The Morgan fingerprint density at radius 3 is 2.77 bits per heavy atom. The van der Waals surface area contributed by atoms with Crippen LogP contribution in [0, 0.1) is 0 Å². The molecule has 3 heterocycles. The molecule has 0 radical (unpaired) electrons. The van der Waals surface area contributed by atoms with Gasteiger partial charge in [-0.3, -0.25) is 9.59 Å². The van der Waals surface area contributed by atoms with Crippen LogP contribution in [-0.2, 0) is 9.59 Å². The average Bonchev–Trinajstić information content (AvgIpc) is 2.95. The van der Waals surface area contributed by atoms with Gasteiger partial charge in [0.15, 0.2) is 0 Å². The fourth-order valence-electron chi connectivity index (χ4n) is 3.23. The van der Waals surface area contributed by atoms with Crippen molar-refractivity contribution in [3.63, 3.8) is 0 Å². The topological polar surface area (TPSA) is 85.3 Å². The van der Waals surface area contributed by atoms with Crippen molar-refractivity contribution in [3.8, 4) is 0 Å². The van der Waals surface area contributed by atoms with Crippen LogP contribution in [-0.4, -0.2) is 77.6 Å². The lowest BCUT2D eigenvalue weighted by Gasteiger charge is -2.37. The molecule has 3 rings (SSSR count). The number of hydrazone groups is 1. The van der Waals surface area contributed by atoms with E-state index < -0.39 is 0 Å². The third kappa shape index (κ3) is 2.77. The second kappa shape index (κ2) is 5.94. The van der Waals surface area contributed by atoms with Gasteiger partial charge in [0.05, 0.1) is 6.04 Å². The Morgan fingerprint density at radius 1 is 1.27 bits per heavy atom. The number of carbonyl (C=O) groups excluding carboxylic acids is 3. The van der Waals surface area contributed by atoms with Crippen LogP contribution < -0.4 is 5.32 Å². The molecule has 1 N–H and O–H groups in total. The predicted octanol–water partition coefficient (Wildman–Crippen LogP) is -0.389. The number of hydrogen-bond donors (Lipinski definition) is 1. The van der Waals surface area contributed by atoms with Crippen molar-refractivity contribution in [2.45, 2.75) is 31.7 Å². The zero-order valence-electron chi connectivity index (χ0n) is 12.7. The monoisotopic (exact) mass is 307 g/mol. The summed E-state index contributed by atoms with van der Waals surface area (Å²) >= 11 is 0. The van der Waals surface area contributed by atoms with E-state index in [1.165, 1.54) is 5.01 Å². The van der Waals surface area contributed by atoms with Gasteiger partial charge >= 0.3 is 6.03 Å². The zero-order chi connectivity index (χ0) is 15.7. The smallest absolute Gasteiger partial charge is 0.317 e. The van der Waals surface area contributed by atoms with E-state index in [0.717, 1.165) is 12.8 Å². The summed E-state index contributed by atoms with van der Waals surface area (Å²) in [4.78, 5) is 39.4. The molecule has 2 saturated heterocycles. The summed E-state index contributed by atoms with van der Waals surface area (Å²) in [7, 11) is 1.57. The van der Waals surface area contributed by atoms with Gasteiger partial charge in [-0.1, -0.05) is 0 Å². The Balaban J connectivity index is 1.67. The lowest BCUT2D eigenvalue weighted by molar-refractivity contribution is -0.131. The summed E-state index contributed by atoms with van der Waals surface area (Å²) < 4.78 is 0. The Morgan fingerprint density at radius 2 is 2.09 bits per heavy atom. The number of hydrogen-bond acceptors (Lipinski definition) is 4. The first-order valence-electron chi connectivity index (χ1n) is 7.74. The van der Waals surface area contributed by atoms with Crippen molar-refractivity contribution in [2.24, 2.45) is 5.10 Å². The van der Waals surface area contributed by atoms with Crippen molar-refractivity contribution in [1.82, 2.24) is 20.1 Å². The predicted molar refractivity (Wildman–Crippen MR) is 79.1 cm³/mol. The number of amides is 4. The summed E-state index contributed by atoms with van der Waals surface area (Å²) in [6, 6.07) is 0.0309. The molecule has 0 bridgehead atoms. The van der Waals surface area contributed by atoms with Gasteiger partial charge in [0, 0.05) is 46.1 Å². The van der Waals surface area contributed by atoms with Crippen molar-refractivity contribution in [1.29, 1.82) is 0 Å². The molecular weight excluding hydrogens is 286 g/mol. The van der Waals surface area contributed by atoms with E-state index in [2.05, 4.69) is 10.4 Å². The van der Waals surface area contributed by atoms with Gasteiger partial charge in [-0.05, 0) is 12.8 Å². The maximum Gasteiger partial charge on any atom is 0.317 e. The van der Waals surface area contributed by atoms with Crippen LogP contribution in [0.15, 0.2) is 5.10 Å². The number of piperidine rings is 1. The van der Waals surface area contributed by atoms with Gasteiger partial charge in [0.1, 0.15) is 5.71 Å². The van der Waals surface area contributed by atoms with Crippen molar-refractivity contribution < 1.29 is 14.4 Å². The highest BCUT2D eigenvalue weighted by Gasteiger charge is 2.34. The van der Waals surface area contributed by atoms with Crippen LogP contribution in [0.25, 0.3) is 0 Å². The van der Waals surface area contributed by atoms with Gasteiger partial charge in [-0.15, -0.1) is 0 Å². The molecule has 1 atom stereocenters. The molecule has 0 aromatic rings. The maximum atomic E-state index is 12.6. The summed E-state index contributed by atoms with van der Waals surface area (Å²) in [6.07, 6.45) is 2.52. The van der Waals surface area contributed by atoms with Gasteiger partial charge < -0.3 is 15.1 Å². The lowest BCUT2D eigenvalue weighted by Crippen LogP contribution is -2.52. The molecule has 0 aliphatic carbocycles. The fraction of sp³-hybridized carbons (Fsp3) is 0.714. The molecule has 3 aliphatic rings. The van der Waals surface area contributed by atoms with Crippen LogP contribution in [0.4, 0.5) is 4.79 Å². The highest BCUT2D eigenvalue weighted by Crippen LogP contribution is 2.19. The standard InChI is InChI=1S/C14H21N5O3/c1-17-12(20)5-4-11(16-17)13(21)18-7-2-3-10(9-18)19-8-6-15-14(19)22/h10H,2-9H2,1H3,(H,15,22). The summed E-state index contributed by atoms with van der Waals surface area (Å²) in [5.41, 5.74) is 0.439. The molecule has 120 valence electrons. The Kier molecular flexibility index (Phi) is 4.00. The third-order valence-electron chi connectivity index (χ3n) is 4.47. The van der Waals surface area contributed by atoms with Gasteiger partial charge in [-0.2, -0.15) is 5.10 Å². The molecule has 4 amide bonds. The number of nitrogens with zero attached hydrogens (tertiary/aromatic N) is 4. The average molecular weight is 307 g/mol. The second-order valence-electron chi connectivity index (χ2n) is 5.94. The van der Waals surface area contributed by atoms with E-state index >= 15 is 0 Å². The van der Waals surface area contributed by atoms with Crippen LogP contribution in [0.3, 0.4) is 0 Å². The number of likely N-dealkylation sites (tertiary alicyclic amines) is 1. The molecule has 22 heavy (non-hydrogen) atoms. The minimum Gasteiger partial charge on any atom is -0.336 e. The molecule has 0 spiro atoms. The second-order valence-corrected chi connectivity index (χ2v) is 5.94. The Bertz CT molecular complexity index is 533. The normalized spacial score (nSPS) is 26.1. The summed E-state index contributed by atoms with van der Waals surface area (Å²) in [6.45, 7) is 2.59. The third-order valence-corrected chi connectivity index (χ3v) is 4.47. The van der Waals surface area contributed by atoms with Crippen molar-refractivity contribution >= 4 is 23.6 Å². The van der Waals surface area contributed by atoms with Crippen molar-refractivity contribution in [2.75, 3.05) is 33.2 Å². The molecule has 0 aromatic carbocycles. The largest absolute Gasteiger partial charge is 0.336 e. The first-order chi connectivity index (χ1) is 10.6. The Hall–Kier alpha value is -2.12. The van der Waals surface area contributed by atoms with Crippen LogP contribution in [0.1, 0.15) is 25.7 Å². The van der Waals surface area contributed by atoms with Gasteiger partial charge in [-0.25, -0.2) is 9.80 Å². The van der Waals surface area contributed by atoms with Gasteiger partial charge in [0.25, 0.3) is 5.91 Å². The minimum atomic E-state index is -0.108. The zero-order valence-corrected chi connectivity index (χ0v) is 12.7. The SMILES string of the molecule is CN1N=C(C(=O)N2CCCC(N3CCNC3=O)C2)CCC1=O. The van der Waals surface area contributed by atoms with Gasteiger partial charge in [0.2, 0.25) is 5.91 Å². The summed E-state index contributed by atoms with van der Waals surface area (Å²) in [5, 5.41) is 8.14. The molecule has 0 saturated carbocycles. The van der Waals surface area contributed by atoms with Crippen LogP contribution in [0.5, 0.6) is 0 Å². The van der Waals surface area contributed by atoms with E-state index in [1.54, 1.807) is 11.9 Å². The first kappa shape index (κ1) is 14.8. The van der Waals surface area contributed by atoms with E-state index in [4.69, 9.17) is 0 Å². The number of nitrogens with one attached hydrogen (secondary N) is 1. The van der Waals surface area contributed by atoms with E-state index in [9.17, 15) is 14.4 Å². The molecule has 8 heteroatoms. The molecule has 2 fully saturated rings. The van der Waals surface area contributed by atoms with E-state index in [1.807, 2.05) is 4.90 Å². The Labute approximate surface area is 129 Å².